The van der Waals surface area contributed by atoms with Gasteiger partial charge in [0.05, 0.1) is 0 Å². The third-order valence-corrected chi connectivity index (χ3v) is 4.76. The molecule has 2 fully saturated rings. The fourth-order valence-corrected chi connectivity index (χ4v) is 3.45. The highest BCUT2D eigenvalue weighted by molar-refractivity contribution is 6.07. The lowest BCUT2D eigenvalue weighted by atomic mass is 9.87. The van der Waals surface area contributed by atoms with Crippen molar-refractivity contribution in [3.05, 3.63) is 29.6 Å². The Morgan fingerprint density at radius 3 is 3.00 bits per heavy atom. The van der Waals surface area contributed by atoms with E-state index < -0.39 is 11.6 Å². The van der Waals surface area contributed by atoms with Crippen molar-refractivity contribution in [2.24, 2.45) is 5.92 Å². The van der Waals surface area contributed by atoms with Gasteiger partial charge in [-0.2, -0.15) is 0 Å². The van der Waals surface area contributed by atoms with Gasteiger partial charge in [-0.1, -0.05) is 13.3 Å². The molecule has 3 rings (SSSR count). The zero-order chi connectivity index (χ0) is 16.4. The quantitative estimate of drug-likeness (QED) is 0.714. The number of aryl methyl sites for hydroxylation is 1. The standard InChI is InChI=1S/C16H20N4O3/c1-2-10-5-7-17-12(8-10)13(21)18-9-11-4-3-6-16(11)14(22)19-15(23)20-16/h5,7-8,11H,2-4,6,9H2,1H3,(H,18,21)(H2,19,20,22,23)/t11-,16-/m1/s1. The van der Waals surface area contributed by atoms with Gasteiger partial charge in [-0.15, -0.1) is 0 Å². The van der Waals surface area contributed by atoms with Crippen molar-refractivity contribution in [2.75, 3.05) is 6.54 Å². The van der Waals surface area contributed by atoms with Crippen molar-refractivity contribution in [1.29, 1.82) is 0 Å². The maximum atomic E-state index is 12.3. The highest BCUT2D eigenvalue weighted by Gasteiger charge is 2.54. The molecule has 4 amide bonds. The molecule has 7 nitrogen and oxygen atoms in total. The van der Waals surface area contributed by atoms with Crippen LogP contribution in [0, 0.1) is 5.92 Å². The summed E-state index contributed by atoms with van der Waals surface area (Å²) in [6.45, 7) is 2.35. The molecule has 1 aliphatic carbocycles. The summed E-state index contributed by atoms with van der Waals surface area (Å²) in [5, 5.41) is 7.89. The van der Waals surface area contributed by atoms with Crippen LogP contribution < -0.4 is 16.0 Å². The lowest BCUT2D eigenvalue weighted by molar-refractivity contribution is -0.125. The van der Waals surface area contributed by atoms with Gasteiger partial charge in [0, 0.05) is 18.7 Å². The molecular weight excluding hydrogens is 296 g/mol. The van der Waals surface area contributed by atoms with Crippen molar-refractivity contribution in [2.45, 2.75) is 38.1 Å². The topological polar surface area (TPSA) is 100 Å². The number of aromatic nitrogens is 1. The molecule has 2 aliphatic rings. The largest absolute Gasteiger partial charge is 0.350 e. The van der Waals surface area contributed by atoms with E-state index in [2.05, 4.69) is 20.9 Å². The van der Waals surface area contributed by atoms with E-state index in [1.807, 2.05) is 13.0 Å². The van der Waals surface area contributed by atoms with E-state index in [4.69, 9.17) is 0 Å². The monoisotopic (exact) mass is 316 g/mol. The predicted molar refractivity (Wildman–Crippen MR) is 82.7 cm³/mol. The number of amides is 4. The minimum Gasteiger partial charge on any atom is -0.350 e. The number of pyridine rings is 1. The van der Waals surface area contributed by atoms with E-state index in [0.717, 1.165) is 24.8 Å². The average molecular weight is 316 g/mol. The zero-order valence-corrected chi connectivity index (χ0v) is 13.0. The summed E-state index contributed by atoms with van der Waals surface area (Å²) in [6, 6.07) is 3.19. The van der Waals surface area contributed by atoms with Gasteiger partial charge in [0.15, 0.2) is 0 Å². The Bertz CT molecular complexity index is 660. The molecule has 122 valence electrons. The third-order valence-electron chi connectivity index (χ3n) is 4.76. The van der Waals surface area contributed by atoms with Crippen LogP contribution in [0.1, 0.15) is 42.2 Å². The molecule has 1 aromatic heterocycles. The van der Waals surface area contributed by atoms with Gasteiger partial charge in [-0.25, -0.2) is 4.79 Å². The van der Waals surface area contributed by atoms with Gasteiger partial charge in [0.1, 0.15) is 11.2 Å². The third kappa shape index (κ3) is 2.78. The fraction of sp³-hybridized carbons (Fsp3) is 0.500. The summed E-state index contributed by atoms with van der Waals surface area (Å²) in [7, 11) is 0. The normalized spacial score (nSPS) is 26.2. The minimum absolute atomic E-state index is 0.104. The Morgan fingerprint density at radius 1 is 1.48 bits per heavy atom. The van der Waals surface area contributed by atoms with Crippen LogP contribution >= 0.6 is 0 Å². The molecule has 7 heteroatoms. The zero-order valence-electron chi connectivity index (χ0n) is 13.0. The number of hydrogen-bond acceptors (Lipinski definition) is 4. The SMILES string of the molecule is CCc1ccnc(C(=O)NC[C@H]2CCC[C@@]23NC(=O)NC3=O)c1. The van der Waals surface area contributed by atoms with Gasteiger partial charge in [-0.3, -0.25) is 19.9 Å². The van der Waals surface area contributed by atoms with Crippen LogP contribution in [-0.4, -0.2) is 34.9 Å². The summed E-state index contributed by atoms with van der Waals surface area (Å²) in [4.78, 5) is 39.9. The van der Waals surface area contributed by atoms with Crippen LogP contribution in [0.2, 0.25) is 0 Å². The number of hydrogen-bond donors (Lipinski definition) is 3. The van der Waals surface area contributed by atoms with Crippen LogP contribution in [0.3, 0.4) is 0 Å². The first-order chi connectivity index (χ1) is 11.0. The molecule has 1 aromatic rings. The summed E-state index contributed by atoms with van der Waals surface area (Å²) in [6.07, 6.45) is 4.69. The molecule has 0 aromatic carbocycles. The molecule has 1 saturated heterocycles. The molecule has 1 aliphatic heterocycles. The van der Waals surface area contributed by atoms with Crippen molar-refractivity contribution in [1.82, 2.24) is 20.9 Å². The number of nitrogens with zero attached hydrogens (tertiary/aromatic N) is 1. The number of carbonyl (C=O) groups excluding carboxylic acids is 3. The Morgan fingerprint density at radius 2 is 2.30 bits per heavy atom. The van der Waals surface area contributed by atoms with Crippen LogP contribution in [0.5, 0.6) is 0 Å². The molecule has 23 heavy (non-hydrogen) atoms. The van der Waals surface area contributed by atoms with E-state index in [1.165, 1.54) is 0 Å². The molecule has 2 atom stereocenters. The van der Waals surface area contributed by atoms with Crippen molar-refractivity contribution in [3.8, 4) is 0 Å². The molecule has 2 heterocycles. The van der Waals surface area contributed by atoms with Crippen LogP contribution in [0.15, 0.2) is 18.3 Å². The van der Waals surface area contributed by atoms with E-state index in [1.54, 1.807) is 12.3 Å². The molecule has 1 spiro atoms. The first-order valence-corrected chi connectivity index (χ1v) is 7.92. The summed E-state index contributed by atoms with van der Waals surface area (Å²) < 4.78 is 0. The molecule has 0 bridgehead atoms. The van der Waals surface area contributed by atoms with E-state index in [9.17, 15) is 14.4 Å². The predicted octanol–water partition coefficient (Wildman–Crippen LogP) is 0.752. The first-order valence-electron chi connectivity index (χ1n) is 7.92. The highest BCUT2D eigenvalue weighted by Crippen LogP contribution is 2.37. The van der Waals surface area contributed by atoms with Crippen LogP contribution in [-0.2, 0) is 11.2 Å². The molecule has 1 saturated carbocycles. The Kier molecular flexibility index (Phi) is 4.02. The second-order valence-electron chi connectivity index (χ2n) is 6.08. The van der Waals surface area contributed by atoms with Crippen molar-refractivity contribution < 1.29 is 14.4 Å². The molecule has 3 N–H and O–H groups in total. The van der Waals surface area contributed by atoms with E-state index >= 15 is 0 Å². The highest BCUT2D eigenvalue weighted by atomic mass is 16.2. The Balaban J connectivity index is 1.66. The van der Waals surface area contributed by atoms with Crippen LogP contribution in [0.25, 0.3) is 0 Å². The number of nitrogens with one attached hydrogen (secondary N) is 3. The Labute approximate surface area is 134 Å². The number of rotatable bonds is 4. The first kappa shape index (κ1) is 15.5. The van der Waals surface area contributed by atoms with Crippen molar-refractivity contribution in [3.63, 3.8) is 0 Å². The van der Waals surface area contributed by atoms with E-state index in [0.29, 0.717) is 18.7 Å². The van der Waals surface area contributed by atoms with Gasteiger partial charge in [0.2, 0.25) is 0 Å². The molecule has 0 unspecified atom stereocenters. The lowest BCUT2D eigenvalue weighted by Gasteiger charge is -2.28. The van der Waals surface area contributed by atoms with Crippen molar-refractivity contribution >= 4 is 17.8 Å². The lowest BCUT2D eigenvalue weighted by Crippen LogP contribution is -2.53. The summed E-state index contributed by atoms with van der Waals surface area (Å²) in [5.74, 6) is -0.648. The smallest absolute Gasteiger partial charge is 0.322 e. The van der Waals surface area contributed by atoms with E-state index in [-0.39, 0.29) is 17.7 Å². The summed E-state index contributed by atoms with van der Waals surface area (Å²) in [5.41, 5.74) is 0.546. The number of urea groups is 1. The van der Waals surface area contributed by atoms with Gasteiger partial charge in [0.25, 0.3) is 11.8 Å². The average Bonchev–Trinajstić information content (AvgIpc) is 3.08. The number of carbonyl (C=O) groups is 3. The molecule has 0 radical (unpaired) electrons. The van der Waals surface area contributed by atoms with Gasteiger partial charge in [-0.05, 0) is 37.0 Å². The number of imide groups is 1. The fourth-order valence-electron chi connectivity index (χ4n) is 3.45. The van der Waals surface area contributed by atoms with Gasteiger partial charge < -0.3 is 10.6 Å². The second-order valence-corrected chi connectivity index (χ2v) is 6.08. The maximum absolute atomic E-state index is 12.3. The minimum atomic E-state index is -0.872. The van der Waals surface area contributed by atoms with Gasteiger partial charge >= 0.3 is 6.03 Å². The summed E-state index contributed by atoms with van der Waals surface area (Å²) >= 11 is 0. The maximum Gasteiger partial charge on any atom is 0.322 e. The Hall–Kier alpha value is -2.44. The second kappa shape index (κ2) is 5.98. The van der Waals surface area contributed by atoms with Crippen LogP contribution in [0.4, 0.5) is 4.79 Å². The molecular formula is C16H20N4O3.